The Morgan fingerprint density at radius 2 is 1.20 bits per heavy atom. The second-order valence-electron chi connectivity index (χ2n) is 16.9. The van der Waals surface area contributed by atoms with Crippen LogP contribution in [0, 0.1) is 0 Å². The number of alkyl carbamates (subject to hydrolysis) is 1. The largest absolute Gasteiger partial charge is 0.477 e. The molecule has 7 rings (SSSR count). The number of hydrogen-bond donors (Lipinski definition) is 1. The van der Waals surface area contributed by atoms with Crippen LogP contribution in [-0.4, -0.2) is 65.8 Å². The topological polar surface area (TPSA) is 182 Å². The fraction of sp³-hybridized carbons (Fsp3) is 0.469. The summed E-state index contributed by atoms with van der Waals surface area (Å²) in [6.07, 6.45) is -3.34. The highest BCUT2D eigenvalue weighted by Gasteiger charge is 2.56. The Morgan fingerprint density at radius 1 is 0.686 bits per heavy atom. The van der Waals surface area contributed by atoms with Crippen LogP contribution >= 0.6 is 50.4 Å². The van der Waals surface area contributed by atoms with Crippen molar-refractivity contribution < 1.29 is 69.5 Å². The maximum Gasteiger partial charge on any atom is 0.477 e. The van der Waals surface area contributed by atoms with Gasteiger partial charge in [-0.15, -0.1) is 0 Å². The van der Waals surface area contributed by atoms with E-state index in [1.165, 1.54) is 0 Å². The Hall–Kier alpha value is -3.41. The lowest BCUT2D eigenvalue weighted by Gasteiger charge is -2.45. The van der Waals surface area contributed by atoms with E-state index in [0.29, 0.717) is 28.7 Å². The molecule has 21 heteroatoms. The minimum absolute atomic E-state index is 0.0655. The third-order valence-electron chi connectivity index (χ3n) is 11.5. The lowest BCUT2D eigenvalue weighted by Crippen LogP contribution is -2.66. The van der Waals surface area contributed by atoms with Gasteiger partial charge in [-0.05, 0) is 39.8 Å². The zero-order valence-corrected chi connectivity index (χ0v) is 42.7. The standard InChI is InChI=1S/C49H58Cl3NO15P2/c1-2-3-4-5-12-25-41(59-28-36-19-10-7-11-20-36)26-43(54)66-46-44(53-48(55)60-34-49(50,51)52)47(68-70(57)63-31-39-23-15-16-24-40(39)32-64-70)65-42(33-58-27-35-17-8-6-9-18-35)45(46)67-69(56)61-29-37-21-13-14-22-38(37)30-62-69/h6-11,13-24,41-42,44-47H,2-5,12,25-34H2,1H3,(H,53,55)/t41-,42-,44-,45-,46-,47?/m1/s1/i47+1. The van der Waals surface area contributed by atoms with Crippen LogP contribution in [0.25, 0.3) is 0 Å². The molecule has 0 aliphatic carbocycles. The van der Waals surface area contributed by atoms with Crippen molar-refractivity contribution >= 4 is 62.5 Å². The van der Waals surface area contributed by atoms with Crippen LogP contribution in [0.3, 0.4) is 0 Å². The predicted molar refractivity (Wildman–Crippen MR) is 259 cm³/mol. The smallest absolute Gasteiger partial charge is 0.457 e. The predicted octanol–water partition coefficient (Wildman–Crippen LogP) is 11.8. The molecule has 16 nitrogen and oxygen atoms in total. The Labute approximate surface area is 423 Å². The van der Waals surface area contributed by atoms with E-state index in [-0.39, 0.29) is 52.7 Å². The average Bonchev–Trinajstić information content (AvgIpc) is 3.63. The van der Waals surface area contributed by atoms with E-state index >= 15 is 0 Å². The molecule has 380 valence electrons. The highest BCUT2D eigenvalue weighted by molar-refractivity contribution is 7.48. The zero-order chi connectivity index (χ0) is 49.4. The summed E-state index contributed by atoms with van der Waals surface area (Å²) in [7, 11) is -9.22. The van der Waals surface area contributed by atoms with Crippen molar-refractivity contribution in [3.8, 4) is 0 Å². The minimum Gasteiger partial charge on any atom is -0.457 e. The lowest BCUT2D eigenvalue weighted by molar-refractivity contribution is -0.255. The monoisotopic (exact) mass is 1070 g/mol. The molecule has 3 aliphatic rings. The number of nitrogens with one attached hydrogen (secondary N) is 1. The van der Waals surface area contributed by atoms with Gasteiger partial charge in [0, 0.05) is 0 Å². The third-order valence-corrected chi connectivity index (χ3v) is 14.6. The molecule has 0 aromatic heterocycles. The molecule has 1 saturated heterocycles. The van der Waals surface area contributed by atoms with Crippen molar-refractivity contribution in [3.05, 3.63) is 143 Å². The number of phosphoric ester groups is 2. The van der Waals surface area contributed by atoms with Crippen molar-refractivity contribution in [1.82, 2.24) is 5.32 Å². The molecule has 0 spiro atoms. The molecule has 0 bridgehead atoms. The summed E-state index contributed by atoms with van der Waals surface area (Å²) in [6, 6.07) is 31.4. The second-order valence-corrected chi connectivity index (χ2v) is 22.6. The van der Waals surface area contributed by atoms with Gasteiger partial charge in [-0.2, -0.15) is 0 Å². The van der Waals surface area contributed by atoms with E-state index in [2.05, 4.69) is 12.2 Å². The van der Waals surface area contributed by atoms with Crippen LogP contribution in [0.2, 0.25) is 0 Å². The summed E-state index contributed by atoms with van der Waals surface area (Å²) in [5, 5.41) is 2.58. The van der Waals surface area contributed by atoms with Crippen molar-refractivity contribution in [3.63, 3.8) is 0 Å². The summed E-state index contributed by atoms with van der Waals surface area (Å²) in [4.78, 5) is 28.4. The van der Waals surface area contributed by atoms with Gasteiger partial charge in [0.25, 0.3) is 0 Å². The van der Waals surface area contributed by atoms with E-state index in [0.717, 1.165) is 43.2 Å². The van der Waals surface area contributed by atoms with Gasteiger partial charge < -0.3 is 29.0 Å². The van der Waals surface area contributed by atoms with Crippen molar-refractivity contribution in [2.75, 3.05) is 13.2 Å². The number of benzene rings is 4. The quantitative estimate of drug-likeness (QED) is 0.0258. The van der Waals surface area contributed by atoms with Gasteiger partial charge in [0.05, 0.1) is 58.8 Å². The molecular weight excluding hydrogens is 1010 g/mol. The lowest BCUT2D eigenvalue weighted by atomic mass is 10.0. The molecule has 3 aliphatic heterocycles. The first-order valence-corrected chi connectivity index (χ1v) is 27.2. The SMILES string of the molecule is CCCCCCC[C@H](CC(=O)O[C@H]1[C@H](OP2(=O)OCc3ccccc3CO2)[C@@H](COCc2ccccc2)O[13CH](OP2(=O)OCc3ccccc3CO2)[C@@H]1NC(=O)OCC(Cl)(Cl)Cl)OCc1ccccc1. The number of carbonyl (C=O) groups excluding carboxylic acids is 2. The van der Waals surface area contributed by atoms with Gasteiger partial charge in [0.2, 0.25) is 3.79 Å². The molecule has 0 saturated carbocycles. The number of amides is 1. The van der Waals surface area contributed by atoms with E-state index in [4.69, 9.17) is 85.6 Å². The van der Waals surface area contributed by atoms with Gasteiger partial charge in [-0.3, -0.25) is 31.9 Å². The summed E-state index contributed by atoms with van der Waals surface area (Å²) in [5.41, 5.74) is 4.48. The van der Waals surface area contributed by atoms with Crippen molar-refractivity contribution in [2.24, 2.45) is 0 Å². The summed E-state index contributed by atoms with van der Waals surface area (Å²) >= 11 is 17.9. The Morgan fingerprint density at radius 3 is 1.74 bits per heavy atom. The molecule has 1 fully saturated rings. The van der Waals surface area contributed by atoms with Gasteiger partial charge >= 0.3 is 27.7 Å². The van der Waals surface area contributed by atoms with Crippen LogP contribution in [0.4, 0.5) is 4.79 Å². The molecule has 6 atom stereocenters. The first-order valence-electron chi connectivity index (χ1n) is 23.2. The van der Waals surface area contributed by atoms with Crippen molar-refractivity contribution in [1.29, 1.82) is 0 Å². The fourth-order valence-electron chi connectivity index (χ4n) is 7.88. The Bertz CT molecular complexity index is 2320. The number of phosphoric acid groups is 2. The molecule has 3 heterocycles. The zero-order valence-electron chi connectivity index (χ0n) is 38.6. The molecule has 0 radical (unpaired) electrons. The van der Waals surface area contributed by atoms with Gasteiger partial charge in [0.1, 0.15) is 24.9 Å². The molecule has 70 heavy (non-hydrogen) atoms. The number of hydrogen-bond acceptors (Lipinski definition) is 15. The molecule has 1 N–H and O–H groups in total. The van der Waals surface area contributed by atoms with E-state index in [1.54, 1.807) is 48.5 Å². The summed E-state index contributed by atoms with van der Waals surface area (Å²) in [6.45, 7) is 0.652. The van der Waals surface area contributed by atoms with Gasteiger partial charge in [0.15, 0.2) is 12.4 Å². The van der Waals surface area contributed by atoms with E-state index in [9.17, 15) is 18.7 Å². The maximum atomic E-state index is 14.8. The second kappa shape index (κ2) is 26.5. The van der Waals surface area contributed by atoms with E-state index in [1.807, 2.05) is 60.7 Å². The number of alkyl halides is 3. The number of unbranched alkanes of at least 4 members (excludes halogenated alkanes) is 4. The fourth-order valence-corrected chi connectivity index (χ4v) is 10.6. The number of ether oxygens (including phenoxy) is 5. The minimum atomic E-state index is -4.61. The highest BCUT2D eigenvalue weighted by Crippen LogP contribution is 2.57. The number of rotatable bonds is 22. The first-order chi connectivity index (χ1) is 33.8. The van der Waals surface area contributed by atoms with Crippen LogP contribution < -0.4 is 5.32 Å². The van der Waals surface area contributed by atoms with E-state index < -0.39 is 74.9 Å². The normalized spacial score (nSPS) is 22.3. The highest BCUT2D eigenvalue weighted by atomic mass is 35.6. The Balaban J connectivity index is 1.24. The van der Waals surface area contributed by atoms with Crippen LogP contribution in [0.5, 0.6) is 0 Å². The molecule has 1 unspecified atom stereocenters. The van der Waals surface area contributed by atoms with Crippen molar-refractivity contribution in [2.45, 2.75) is 132 Å². The maximum absolute atomic E-state index is 14.8. The average molecular weight is 1070 g/mol. The molecule has 4 aromatic carbocycles. The van der Waals surface area contributed by atoms with Gasteiger partial charge in [-0.1, -0.05) is 183 Å². The number of halogens is 3. The van der Waals surface area contributed by atoms with Crippen LogP contribution in [0.1, 0.15) is 85.3 Å². The van der Waals surface area contributed by atoms with Gasteiger partial charge in [-0.25, -0.2) is 13.9 Å². The first kappa shape index (κ1) is 54.4. The number of carbonyl (C=O) groups is 2. The number of esters is 1. The molecule has 1 amide bonds. The third kappa shape index (κ3) is 16.8. The molecular formula is C49H58Cl3NO15P2. The number of fused-ring (bicyclic) bond motifs is 2. The summed E-state index contributed by atoms with van der Waals surface area (Å²) in [5.74, 6) is -0.811. The Kier molecular flexibility index (Phi) is 20.6. The molecule has 4 aromatic rings. The van der Waals surface area contributed by atoms with Crippen LogP contribution in [-0.2, 0) is 104 Å². The summed E-state index contributed by atoms with van der Waals surface area (Å²) < 4.78 is 94.0. The van der Waals surface area contributed by atoms with Crippen LogP contribution in [0.15, 0.2) is 109 Å².